The summed E-state index contributed by atoms with van der Waals surface area (Å²) < 4.78 is 22.4. The third-order valence-electron chi connectivity index (χ3n) is 12.5. The summed E-state index contributed by atoms with van der Waals surface area (Å²) in [6.45, 7) is 13.3. The molecule has 1 aliphatic carbocycles. The van der Waals surface area contributed by atoms with Crippen LogP contribution in [0.25, 0.3) is 22.3 Å². The Hall–Kier alpha value is -3.97. The fraction of sp³-hybridized carbons (Fsp3) is 0.538. The van der Waals surface area contributed by atoms with Gasteiger partial charge in [0.25, 0.3) is 0 Å². The Balaban J connectivity index is 1.09. The van der Waals surface area contributed by atoms with Crippen molar-refractivity contribution in [2.24, 2.45) is 5.41 Å². The summed E-state index contributed by atoms with van der Waals surface area (Å²) in [4.78, 5) is 35.6. The SMILES string of the molecule is CC(C)n1cnc2cc(-c3ccc4c(c3)N([C@H]3C[C@@H](N5CC(O)C(C)(C)C5)C3)C(=O)C43CCN(C4COC4)CC3)nc(Nc3ccncc3F)c21. The number of piperidine rings is 1. The summed E-state index contributed by atoms with van der Waals surface area (Å²) in [6, 6.07) is 11.0. The molecular weight excluding hydrogens is 647 g/mol. The Morgan fingerprint density at radius 3 is 2.49 bits per heavy atom. The summed E-state index contributed by atoms with van der Waals surface area (Å²) in [5.74, 6) is 0.264. The van der Waals surface area contributed by atoms with Crippen molar-refractivity contribution in [3.8, 4) is 11.3 Å². The molecule has 12 heteroatoms. The fourth-order valence-electron chi connectivity index (χ4n) is 9.10. The molecule has 4 fully saturated rings. The topological polar surface area (TPSA) is 112 Å². The molecule has 1 unspecified atom stereocenters. The lowest BCUT2D eigenvalue weighted by Gasteiger charge is -2.47. The van der Waals surface area contributed by atoms with Crippen LogP contribution < -0.4 is 10.2 Å². The van der Waals surface area contributed by atoms with E-state index in [1.54, 1.807) is 18.6 Å². The Kier molecular flexibility index (Phi) is 7.77. The predicted molar refractivity (Wildman–Crippen MR) is 194 cm³/mol. The zero-order valence-electron chi connectivity index (χ0n) is 29.8. The second-order valence-corrected chi connectivity index (χ2v) is 16.4. The number of benzene rings is 1. The minimum absolute atomic E-state index is 0.0962. The van der Waals surface area contributed by atoms with Crippen LogP contribution in [-0.2, 0) is 14.9 Å². The van der Waals surface area contributed by atoms with Gasteiger partial charge in [-0.15, -0.1) is 0 Å². The molecule has 1 aromatic carbocycles. The average molecular weight is 695 g/mol. The number of carbonyl (C=O) groups excluding carboxylic acids is 1. The van der Waals surface area contributed by atoms with E-state index in [2.05, 4.69) is 70.9 Å². The van der Waals surface area contributed by atoms with E-state index in [-0.39, 0.29) is 35.2 Å². The normalized spacial score (nSPS) is 26.2. The molecule has 11 nitrogen and oxygen atoms in total. The number of aliphatic hydroxyl groups is 1. The zero-order chi connectivity index (χ0) is 35.2. The van der Waals surface area contributed by atoms with E-state index >= 15 is 0 Å². The van der Waals surface area contributed by atoms with Gasteiger partial charge in [-0.1, -0.05) is 26.0 Å². The van der Waals surface area contributed by atoms with E-state index in [1.807, 2.05) is 10.6 Å². The van der Waals surface area contributed by atoms with Crippen molar-refractivity contribution in [2.75, 3.05) is 49.6 Å². The smallest absolute Gasteiger partial charge is 0.238 e. The lowest BCUT2D eigenvalue weighted by Crippen LogP contribution is -2.59. The maximum Gasteiger partial charge on any atom is 0.238 e. The van der Waals surface area contributed by atoms with Gasteiger partial charge < -0.3 is 24.6 Å². The number of halogens is 1. The Bertz CT molecular complexity index is 2000. The molecule has 0 radical (unpaired) electrons. The van der Waals surface area contributed by atoms with Crippen LogP contribution >= 0.6 is 0 Å². The standard InChI is InChI=1S/C39H47FN8O3/c1-23(2)47-22-42-32-16-31(44-36(35(32)47)43-30-7-10-41-17-29(30)40)24-5-6-28-33(13-24)48(26-14-25(15-26)46-18-34(49)38(3,4)21-46)37(50)39(28)8-11-45(12-9-39)27-19-51-20-27/h5-7,10,13,16-17,22-23,25-27,34,49H,8-9,11-12,14-15,18-21H2,1-4H3,(H,41,43,44)/t25-,26+,34?. The average Bonchev–Trinajstić information content (AvgIpc) is 3.68. The summed E-state index contributed by atoms with van der Waals surface area (Å²) in [5, 5.41) is 13.9. The van der Waals surface area contributed by atoms with Crippen LogP contribution in [0.2, 0.25) is 0 Å². The van der Waals surface area contributed by atoms with Crippen LogP contribution in [0.5, 0.6) is 0 Å². The summed E-state index contributed by atoms with van der Waals surface area (Å²) >= 11 is 0. The molecule has 9 rings (SSSR count). The number of pyridine rings is 2. The largest absolute Gasteiger partial charge is 0.391 e. The van der Waals surface area contributed by atoms with E-state index in [0.717, 1.165) is 86.4 Å². The molecule has 51 heavy (non-hydrogen) atoms. The van der Waals surface area contributed by atoms with Gasteiger partial charge in [0.05, 0.1) is 60.2 Å². The molecule has 1 saturated carbocycles. The number of hydrogen-bond acceptors (Lipinski definition) is 9. The fourth-order valence-corrected chi connectivity index (χ4v) is 9.10. The first-order chi connectivity index (χ1) is 24.5. The predicted octanol–water partition coefficient (Wildman–Crippen LogP) is 5.27. The molecular formula is C39H47FN8O3. The summed E-state index contributed by atoms with van der Waals surface area (Å²) in [5.41, 5.74) is 4.82. The van der Waals surface area contributed by atoms with Gasteiger partial charge in [-0.05, 0) is 76.4 Å². The summed E-state index contributed by atoms with van der Waals surface area (Å²) in [7, 11) is 0. The monoisotopic (exact) mass is 694 g/mol. The molecule has 3 saturated heterocycles. The van der Waals surface area contributed by atoms with Crippen LogP contribution in [0.1, 0.15) is 65.0 Å². The van der Waals surface area contributed by atoms with Crippen molar-refractivity contribution >= 4 is 34.1 Å². The Labute approximate surface area is 297 Å². The second-order valence-electron chi connectivity index (χ2n) is 16.4. The van der Waals surface area contributed by atoms with Gasteiger partial charge in [-0.3, -0.25) is 19.6 Å². The molecule has 7 heterocycles. The number of ether oxygens (including phenoxy) is 1. The van der Waals surface area contributed by atoms with Crippen LogP contribution in [-0.4, -0.2) is 104 Å². The molecule has 4 aromatic rings. The maximum atomic E-state index is 14.8. The summed E-state index contributed by atoms with van der Waals surface area (Å²) in [6.07, 6.45) is 7.56. The maximum absolute atomic E-state index is 14.8. The number of nitrogens with one attached hydrogen (secondary N) is 1. The van der Waals surface area contributed by atoms with E-state index in [9.17, 15) is 14.3 Å². The van der Waals surface area contributed by atoms with Crippen molar-refractivity contribution < 1.29 is 19.0 Å². The zero-order valence-corrected chi connectivity index (χ0v) is 29.8. The molecule has 0 bridgehead atoms. The first kappa shape index (κ1) is 32.9. The molecule has 4 aliphatic heterocycles. The lowest BCUT2D eigenvalue weighted by atomic mass is 9.73. The Morgan fingerprint density at radius 2 is 1.82 bits per heavy atom. The lowest BCUT2D eigenvalue weighted by molar-refractivity contribution is -0.128. The molecule has 2 N–H and O–H groups in total. The number of aromatic nitrogens is 4. The number of rotatable bonds is 7. The molecule has 1 atom stereocenters. The quantitative estimate of drug-likeness (QED) is 0.267. The van der Waals surface area contributed by atoms with Crippen LogP contribution in [0.3, 0.4) is 0 Å². The number of anilines is 3. The van der Waals surface area contributed by atoms with E-state index < -0.39 is 11.2 Å². The van der Waals surface area contributed by atoms with E-state index in [4.69, 9.17) is 14.7 Å². The van der Waals surface area contributed by atoms with E-state index in [0.29, 0.717) is 30.1 Å². The Morgan fingerprint density at radius 1 is 1.04 bits per heavy atom. The van der Waals surface area contributed by atoms with Gasteiger partial charge in [-0.25, -0.2) is 14.4 Å². The van der Waals surface area contributed by atoms with Crippen LogP contribution in [0, 0.1) is 11.2 Å². The number of β-amino-alcohol motifs (C(OH)–C–C–N with tert-alkyl or cyclic N) is 1. The second kappa shape index (κ2) is 12.0. The highest BCUT2D eigenvalue weighted by Crippen LogP contribution is 2.52. The van der Waals surface area contributed by atoms with Gasteiger partial charge in [-0.2, -0.15) is 0 Å². The first-order valence-corrected chi connectivity index (χ1v) is 18.5. The van der Waals surface area contributed by atoms with Crippen molar-refractivity contribution in [2.45, 2.75) is 89.1 Å². The van der Waals surface area contributed by atoms with Crippen molar-refractivity contribution in [3.05, 3.63) is 60.4 Å². The number of fused-ring (bicyclic) bond motifs is 3. The number of imidazole rings is 1. The van der Waals surface area contributed by atoms with E-state index in [1.165, 1.54) is 6.20 Å². The van der Waals surface area contributed by atoms with Gasteiger partial charge in [0.15, 0.2) is 11.6 Å². The number of nitrogens with zero attached hydrogens (tertiary/aromatic N) is 7. The number of hydrogen-bond donors (Lipinski definition) is 2. The number of amides is 1. The number of aliphatic hydroxyl groups excluding tert-OH is 1. The van der Waals surface area contributed by atoms with Gasteiger partial charge in [0, 0.05) is 54.1 Å². The minimum Gasteiger partial charge on any atom is -0.391 e. The van der Waals surface area contributed by atoms with Crippen LogP contribution in [0.15, 0.2) is 49.1 Å². The van der Waals surface area contributed by atoms with Gasteiger partial charge >= 0.3 is 0 Å². The highest BCUT2D eigenvalue weighted by atomic mass is 19.1. The molecule has 268 valence electrons. The number of likely N-dealkylation sites (tertiary alicyclic amines) is 2. The minimum atomic E-state index is -0.551. The third-order valence-corrected chi connectivity index (χ3v) is 12.5. The number of carbonyl (C=O) groups is 1. The molecule has 3 aromatic heterocycles. The highest BCUT2D eigenvalue weighted by molar-refractivity contribution is 6.09. The molecule has 1 amide bonds. The first-order valence-electron chi connectivity index (χ1n) is 18.5. The van der Waals surface area contributed by atoms with Gasteiger partial charge in [0.1, 0.15) is 5.52 Å². The molecule has 1 spiro atoms. The highest BCUT2D eigenvalue weighted by Gasteiger charge is 2.56. The van der Waals surface area contributed by atoms with Gasteiger partial charge in [0.2, 0.25) is 5.91 Å². The van der Waals surface area contributed by atoms with Crippen molar-refractivity contribution in [1.29, 1.82) is 0 Å². The molecule has 5 aliphatic rings. The third kappa shape index (κ3) is 5.28. The van der Waals surface area contributed by atoms with Crippen LogP contribution in [0.4, 0.5) is 21.6 Å². The van der Waals surface area contributed by atoms with Crippen molar-refractivity contribution in [1.82, 2.24) is 29.3 Å². The van der Waals surface area contributed by atoms with Crippen molar-refractivity contribution in [3.63, 3.8) is 0 Å².